The van der Waals surface area contributed by atoms with E-state index in [9.17, 15) is 9.59 Å². The van der Waals surface area contributed by atoms with Crippen LogP contribution in [0.15, 0.2) is 78.9 Å². The van der Waals surface area contributed by atoms with Gasteiger partial charge in [-0.15, -0.1) is 0 Å². The predicted octanol–water partition coefficient (Wildman–Crippen LogP) is 6.31. The molecule has 7 heteroatoms. The molecule has 1 aromatic heterocycles. The molecule has 2 fully saturated rings. The van der Waals surface area contributed by atoms with Gasteiger partial charge in [0.15, 0.2) is 0 Å². The van der Waals surface area contributed by atoms with Crippen LogP contribution in [0.25, 0.3) is 10.9 Å². The molecule has 0 aliphatic carbocycles. The Morgan fingerprint density at radius 1 is 0.833 bits per heavy atom. The van der Waals surface area contributed by atoms with Crippen molar-refractivity contribution in [2.75, 3.05) is 39.3 Å². The van der Waals surface area contributed by atoms with E-state index in [0.29, 0.717) is 30.2 Å². The Balaban J connectivity index is 1.43. The molecule has 0 spiro atoms. The van der Waals surface area contributed by atoms with Crippen LogP contribution in [0.4, 0.5) is 0 Å². The second-order valence-corrected chi connectivity index (χ2v) is 11.9. The van der Waals surface area contributed by atoms with Crippen LogP contribution in [0.5, 0.6) is 0 Å². The number of aromatic nitrogens is 1. The van der Waals surface area contributed by atoms with Crippen LogP contribution in [-0.4, -0.2) is 65.4 Å². The maximum absolute atomic E-state index is 14.3. The van der Waals surface area contributed by atoms with Gasteiger partial charge in [-0.25, -0.2) is 0 Å². The van der Waals surface area contributed by atoms with E-state index in [1.807, 2.05) is 29.2 Å². The minimum absolute atomic E-state index is 0.0802. The number of likely N-dealkylation sites (tertiary alicyclic amines) is 2. The molecular formula is C35H39ClN4O2. The maximum Gasteiger partial charge on any atom is 0.268 e. The summed E-state index contributed by atoms with van der Waals surface area (Å²) in [5.74, 6) is -0.0103. The maximum atomic E-state index is 14.3. The third kappa shape index (κ3) is 6.11. The first kappa shape index (κ1) is 28.5. The summed E-state index contributed by atoms with van der Waals surface area (Å²) in [4.78, 5) is 30.8. The molecule has 0 bridgehead atoms. The summed E-state index contributed by atoms with van der Waals surface area (Å²) in [6.45, 7) is 5.83. The number of nitrogens with one attached hydrogen (secondary N) is 1. The van der Waals surface area contributed by atoms with Crippen molar-refractivity contribution in [3.05, 3.63) is 106 Å². The average Bonchev–Trinajstić information content (AvgIpc) is 3.75. The zero-order valence-electron chi connectivity index (χ0n) is 24.1. The molecular weight excluding hydrogens is 544 g/mol. The summed E-state index contributed by atoms with van der Waals surface area (Å²) in [5.41, 5.74) is 4.96. The van der Waals surface area contributed by atoms with Crippen molar-refractivity contribution in [1.82, 2.24) is 19.7 Å². The lowest BCUT2D eigenvalue weighted by molar-refractivity contribution is -0.127. The highest BCUT2D eigenvalue weighted by atomic mass is 35.5. The summed E-state index contributed by atoms with van der Waals surface area (Å²) in [7, 11) is 0. The van der Waals surface area contributed by atoms with Gasteiger partial charge in [-0.1, -0.05) is 72.3 Å². The van der Waals surface area contributed by atoms with Crippen molar-refractivity contribution in [2.24, 2.45) is 0 Å². The van der Waals surface area contributed by atoms with E-state index < -0.39 is 0 Å². The van der Waals surface area contributed by atoms with Crippen molar-refractivity contribution < 1.29 is 9.59 Å². The first-order chi connectivity index (χ1) is 20.6. The average molecular weight is 583 g/mol. The standard InChI is InChI=1S/C35H39ClN4O2/c36-28-16-17-30-29(25-28)33(32(26-11-3-1-4-12-26)27-13-5-2-6-14-27)34(40(30)24-23-38-19-7-8-20-38)35(42)37-18-10-22-39-21-9-15-31(39)41/h1-6,11-14,16-17,25,32H,7-10,15,18-24H2,(H,37,42). The number of carbonyl (C=O) groups excluding carboxylic acids is 2. The van der Waals surface area contributed by atoms with Gasteiger partial charge in [0.1, 0.15) is 5.69 Å². The summed E-state index contributed by atoms with van der Waals surface area (Å²) in [6, 6.07) is 26.9. The molecule has 3 aromatic carbocycles. The summed E-state index contributed by atoms with van der Waals surface area (Å²) in [6.07, 6.45) is 4.74. The number of fused-ring (bicyclic) bond motifs is 1. The second kappa shape index (κ2) is 13.1. The molecule has 2 aliphatic rings. The van der Waals surface area contributed by atoms with Crippen molar-refractivity contribution in [1.29, 1.82) is 0 Å². The number of rotatable bonds is 11. The van der Waals surface area contributed by atoms with Crippen molar-refractivity contribution in [3.63, 3.8) is 0 Å². The SMILES string of the molecule is O=C(NCCCN1CCCC1=O)c1c(C(c2ccccc2)c2ccccc2)c2cc(Cl)ccc2n1CCN1CCCC1. The summed E-state index contributed by atoms with van der Waals surface area (Å²) in [5, 5.41) is 4.90. The summed E-state index contributed by atoms with van der Waals surface area (Å²) >= 11 is 6.64. The van der Waals surface area contributed by atoms with E-state index in [-0.39, 0.29) is 17.7 Å². The first-order valence-corrected chi connectivity index (χ1v) is 15.7. The Kier molecular flexibility index (Phi) is 8.92. The number of hydrogen-bond acceptors (Lipinski definition) is 3. The third-order valence-electron chi connectivity index (χ3n) is 8.73. The lowest BCUT2D eigenvalue weighted by Gasteiger charge is -2.22. The Bertz CT molecular complexity index is 1490. The van der Waals surface area contributed by atoms with Gasteiger partial charge in [-0.2, -0.15) is 0 Å². The molecule has 3 heterocycles. The molecule has 2 aliphatic heterocycles. The fourth-order valence-electron chi connectivity index (χ4n) is 6.68. The lowest BCUT2D eigenvalue weighted by atomic mass is 9.83. The number of halogens is 1. The van der Waals surface area contributed by atoms with Gasteiger partial charge in [0.25, 0.3) is 5.91 Å². The minimum atomic E-state index is -0.149. The molecule has 4 aromatic rings. The molecule has 0 saturated carbocycles. The zero-order chi connectivity index (χ0) is 28.9. The normalized spacial score (nSPS) is 15.8. The Morgan fingerprint density at radius 2 is 1.52 bits per heavy atom. The number of benzene rings is 3. The van der Waals surface area contributed by atoms with Gasteiger partial charge in [0.2, 0.25) is 5.91 Å². The fourth-order valence-corrected chi connectivity index (χ4v) is 6.85. The number of nitrogens with zero attached hydrogens (tertiary/aromatic N) is 3. The molecule has 218 valence electrons. The second-order valence-electron chi connectivity index (χ2n) is 11.5. The van der Waals surface area contributed by atoms with E-state index in [1.165, 1.54) is 12.8 Å². The third-order valence-corrected chi connectivity index (χ3v) is 8.97. The van der Waals surface area contributed by atoms with E-state index in [1.54, 1.807) is 0 Å². The molecule has 42 heavy (non-hydrogen) atoms. The topological polar surface area (TPSA) is 57.6 Å². The first-order valence-electron chi connectivity index (χ1n) is 15.3. The molecule has 1 N–H and O–H groups in total. The Labute approximate surface area is 253 Å². The highest BCUT2D eigenvalue weighted by Gasteiger charge is 2.31. The van der Waals surface area contributed by atoms with Crippen LogP contribution in [0.3, 0.4) is 0 Å². The number of hydrogen-bond donors (Lipinski definition) is 1. The van der Waals surface area contributed by atoms with Crippen molar-refractivity contribution in [2.45, 2.75) is 44.6 Å². The Morgan fingerprint density at radius 3 is 2.17 bits per heavy atom. The van der Waals surface area contributed by atoms with Gasteiger partial charge in [0.05, 0.1) is 0 Å². The number of carbonyl (C=O) groups is 2. The van der Waals surface area contributed by atoms with E-state index in [2.05, 4.69) is 69.4 Å². The van der Waals surface area contributed by atoms with Crippen LogP contribution in [-0.2, 0) is 11.3 Å². The monoisotopic (exact) mass is 582 g/mol. The van der Waals surface area contributed by atoms with Crippen molar-refractivity contribution in [3.8, 4) is 0 Å². The van der Waals surface area contributed by atoms with Crippen LogP contribution in [0, 0.1) is 0 Å². The number of amides is 2. The molecule has 2 saturated heterocycles. The zero-order valence-corrected chi connectivity index (χ0v) is 24.9. The van der Waals surface area contributed by atoms with Gasteiger partial charge < -0.3 is 19.7 Å². The summed E-state index contributed by atoms with van der Waals surface area (Å²) < 4.78 is 2.22. The molecule has 2 amide bonds. The van der Waals surface area contributed by atoms with Crippen LogP contribution in [0.2, 0.25) is 5.02 Å². The Hall–Kier alpha value is -3.61. The molecule has 6 nitrogen and oxygen atoms in total. The van der Waals surface area contributed by atoms with Gasteiger partial charge in [-0.3, -0.25) is 9.59 Å². The van der Waals surface area contributed by atoms with E-state index in [4.69, 9.17) is 11.6 Å². The van der Waals surface area contributed by atoms with E-state index in [0.717, 1.165) is 73.2 Å². The molecule has 0 radical (unpaired) electrons. The highest BCUT2D eigenvalue weighted by Crippen LogP contribution is 2.41. The van der Waals surface area contributed by atoms with Crippen molar-refractivity contribution >= 4 is 34.3 Å². The fraction of sp³-hybridized carbons (Fsp3) is 0.371. The van der Waals surface area contributed by atoms with Crippen LogP contribution >= 0.6 is 11.6 Å². The van der Waals surface area contributed by atoms with Crippen LogP contribution < -0.4 is 5.32 Å². The van der Waals surface area contributed by atoms with E-state index >= 15 is 0 Å². The molecule has 0 atom stereocenters. The predicted molar refractivity (Wildman–Crippen MR) is 169 cm³/mol. The largest absolute Gasteiger partial charge is 0.351 e. The smallest absolute Gasteiger partial charge is 0.268 e. The molecule has 6 rings (SSSR count). The molecule has 0 unspecified atom stereocenters. The minimum Gasteiger partial charge on any atom is -0.351 e. The van der Waals surface area contributed by atoms with Crippen LogP contribution in [0.1, 0.15) is 65.2 Å². The highest BCUT2D eigenvalue weighted by molar-refractivity contribution is 6.31. The lowest BCUT2D eigenvalue weighted by Crippen LogP contribution is -2.33. The quantitative estimate of drug-likeness (QED) is 0.211. The van der Waals surface area contributed by atoms with Gasteiger partial charge >= 0.3 is 0 Å². The van der Waals surface area contributed by atoms with Gasteiger partial charge in [0, 0.05) is 66.6 Å². The van der Waals surface area contributed by atoms with Gasteiger partial charge in [-0.05, 0) is 68.1 Å².